The molecule has 2 aromatic carbocycles. The fourth-order valence-electron chi connectivity index (χ4n) is 9.22. The van der Waals surface area contributed by atoms with Gasteiger partial charge in [-0.1, -0.05) is 72.1 Å². The molecular weight excluding hydrogens is 715 g/mol. The average Bonchev–Trinajstić information content (AvgIpc) is 3.82. The van der Waals surface area contributed by atoms with Crippen LogP contribution < -0.4 is 14.2 Å². The van der Waals surface area contributed by atoms with E-state index in [1.807, 2.05) is 49.4 Å². The number of β-amino-alcohol motifs (C(OH)–C–C–N with tert-alkyl or cyclic N) is 1. The van der Waals surface area contributed by atoms with Crippen LogP contribution in [0, 0.1) is 11.3 Å². The fraction of sp³-hybridized carbons (Fsp3) is 0.439. The van der Waals surface area contributed by atoms with Crippen molar-refractivity contribution in [1.82, 2.24) is 19.8 Å². The highest BCUT2D eigenvalue weighted by atomic mass is 35.5. The summed E-state index contributed by atoms with van der Waals surface area (Å²) in [5, 5.41) is 21.2. The summed E-state index contributed by atoms with van der Waals surface area (Å²) >= 11 is 14.0. The number of fused-ring (bicyclic) bond motifs is 2. The maximum Gasteiger partial charge on any atom is 0.311 e. The number of aliphatic hydroxyl groups is 1. The third-order valence-electron chi connectivity index (χ3n) is 11.6. The zero-order chi connectivity index (χ0) is 37.1. The van der Waals surface area contributed by atoms with Gasteiger partial charge in [0, 0.05) is 61.5 Å². The Morgan fingerprint density at radius 2 is 1.60 bits per heavy atom. The van der Waals surface area contributed by atoms with E-state index in [2.05, 4.69) is 21.9 Å². The Bertz CT molecular complexity index is 2070. The summed E-state index contributed by atoms with van der Waals surface area (Å²) in [5.74, 6) is 0.738. The average molecular weight is 760 g/mol. The van der Waals surface area contributed by atoms with Gasteiger partial charge in [-0.05, 0) is 67.3 Å². The largest absolute Gasteiger partial charge is 0.481 e. The van der Waals surface area contributed by atoms with Gasteiger partial charge in [0.25, 0.3) is 0 Å². The summed E-state index contributed by atoms with van der Waals surface area (Å²) < 4.78 is 17.9. The van der Waals surface area contributed by atoms with Crippen LogP contribution in [-0.2, 0) is 24.3 Å². The number of pyridine rings is 2. The Labute approximate surface area is 319 Å². The van der Waals surface area contributed by atoms with Gasteiger partial charge in [-0.3, -0.25) is 14.6 Å². The SMILES string of the molecule is COc1nc(-c2cccc(-c3cccc4c3CC[C@@H]4Oc3nc(OC)c(CN4C[C@@H]5CCC[C@]5(C(=O)O)C4)cc3Cl)c2Cl)ccc1CN1CC(C)(O)C1. The zero-order valence-corrected chi connectivity index (χ0v) is 31.7. The number of methoxy groups -OCH3 is 2. The van der Waals surface area contributed by atoms with Crippen molar-refractivity contribution in [3.63, 3.8) is 0 Å². The van der Waals surface area contributed by atoms with Crippen LogP contribution in [0.1, 0.15) is 61.0 Å². The third kappa shape index (κ3) is 6.63. The number of carbonyl (C=O) groups is 1. The summed E-state index contributed by atoms with van der Waals surface area (Å²) in [7, 11) is 3.20. The van der Waals surface area contributed by atoms with Crippen molar-refractivity contribution in [3.8, 4) is 40.0 Å². The van der Waals surface area contributed by atoms with Gasteiger partial charge in [-0.2, -0.15) is 4.98 Å². The molecule has 10 nitrogen and oxygen atoms in total. The first-order chi connectivity index (χ1) is 25.5. The summed E-state index contributed by atoms with van der Waals surface area (Å²) in [6.07, 6.45) is 3.89. The zero-order valence-electron chi connectivity index (χ0n) is 30.2. The van der Waals surface area contributed by atoms with E-state index in [0.717, 1.165) is 77.6 Å². The van der Waals surface area contributed by atoms with Crippen LogP contribution in [-0.4, -0.2) is 81.9 Å². The molecule has 2 N–H and O–H groups in total. The van der Waals surface area contributed by atoms with Crippen molar-refractivity contribution < 1.29 is 29.2 Å². The van der Waals surface area contributed by atoms with Gasteiger partial charge in [0.15, 0.2) is 0 Å². The molecule has 3 fully saturated rings. The molecule has 2 aliphatic heterocycles. The summed E-state index contributed by atoms with van der Waals surface area (Å²) in [6, 6.07) is 18.0. The number of benzene rings is 2. The predicted octanol–water partition coefficient (Wildman–Crippen LogP) is 7.45. The van der Waals surface area contributed by atoms with Crippen LogP contribution in [0.5, 0.6) is 17.6 Å². The number of hydrogen-bond acceptors (Lipinski definition) is 9. The van der Waals surface area contributed by atoms with E-state index in [0.29, 0.717) is 66.1 Å². The van der Waals surface area contributed by atoms with Crippen molar-refractivity contribution >= 4 is 29.2 Å². The van der Waals surface area contributed by atoms with Crippen molar-refractivity contribution in [1.29, 1.82) is 0 Å². The van der Waals surface area contributed by atoms with Gasteiger partial charge >= 0.3 is 5.97 Å². The molecule has 0 spiro atoms. The molecule has 2 saturated heterocycles. The quantitative estimate of drug-likeness (QED) is 0.160. The second-order valence-corrected chi connectivity index (χ2v) is 16.1. The summed E-state index contributed by atoms with van der Waals surface area (Å²) in [4.78, 5) is 26.1. The maximum atomic E-state index is 12.2. The topological polar surface area (TPSA) is 117 Å². The lowest BCUT2D eigenvalue weighted by atomic mass is 9.81. The minimum absolute atomic E-state index is 0.162. The van der Waals surface area contributed by atoms with E-state index in [1.165, 1.54) is 0 Å². The molecular formula is C41H44Cl2N4O6. The van der Waals surface area contributed by atoms with Crippen LogP contribution in [0.2, 0.25) is 10.0 Å². The smallest absolute Gasteiger partial charge is 0.311 e. The molecule has 2 aromatic heterocycles. The van der Waals surface area contributed by atoms with Crippen LogP contribution in [0.3, 0.4) is 0 Å². The van der Waals surface area contributed by atoms with Crippen molar-refractivity contribution in [3.05, 3.63) is 86.9 Å². The number of carboxylic acids is 1. The van der Waals surface area contributed by atoms with E-state index in [1.54, 1.807) is 14.2 Å². The molecule has 1 saturated carbocycles. The standard InChI is InChI=1S/C41H44Cl2N4O6/c1-40(50)21-47(22-40)18-24-12-14-33(44-36(24)51-2)31-11-5-10-30(35(31)43)27-8-4-9-29-28(27)13-15-34(29)53-38-32(42)17-25(37(45-38)52-3)19-46-20-26-7-6-16-41(26,23-46)39(48)49/h4-5,8-12,14,17,26,34,50H,6-7,13,15-16,18-23H2,1-3H3,(H,48,49)/t26-,34-,41-/m0/s1. The predicted molar refractivity (Wildman–Crippen MR) is 203 cm³/mol. The molecule has 53 heavy (non-hydrogen) atoms. The summed E-state index contributed by atoms with van der Waals surface area (Å²) in [6.45, 7) is 5.47. The van der Waals surface area contributed by atoms with Gasteiger partial charge in [0.05, 0.1) is 36.0 Å². The number of ether oxygens (including phenoxy) is 3. The van der Waals surface area contributed by atoms with Crippen LogP contribution in [0.25, 0.3) is 22.4 Å². The van der Waals surface area contributed by atoms with E-state index < -0.39 is 17.0 Å². The molecule has 12 heteroatoms. The number of aliphatic carboxylic acids is 1. The molecule has 0 amide bonds. The van der Waals surface area contributed by atoms with E-state index in [9.17, 15) is 15.0 Å². The van der Waals surface area contributed by atoms with E-state index >= 15 is 0 Å². The number of hydrogen-bond donors (Lipinski definition) is 2. The second-order valence-electron chi connectivity index (χ2n) is 15.4. The first-order valence-corrected chi connectivity index (χ1v) is 19.0. The fourth-order valence-corrected chi connectivity index (χ4v) is 9.76. The van der Waals surface area contributed by atoms with Crippen molar-refractivity contribution in [2.24, 2.45) is 11.3 Å². The first-order valence-electron chi connectivity index (χ1n) is 18.2. The van der Waals surface area contributed by atoms with Crippen LogP contribution in [0.4, 0.5) is 0 Å². The first kappa shape index (κ1) is 36.1. The molecule has 2 aliphatic carbocycles. The van der Waals surface area contributed by atoms with Crippen molar-refractivity contribution in [2.45, 2.75) is 63.8 Å². The number of nitrogens with zero attached hydrogens (tertiary/aromatic N) is 4. The van der Waals surface area contributed by atoms with Crippen LogP contribution >= 0.6 is 23.2 Å². The highest BCUT2D eigenvalue weighted by Gasteiger charge is 2.54. The Morgan fingerprint density at radius 3 is 2.34 bits per heavy atom. The molecule has 8 rings (SSSR count). The maximum absolute atomic E-state index is 12.2. The Balaban J connectivity index is 1.01. The summed E-state index contributed by atoms with van der Waals surface area (Å²) in [5.41, 5.74) is 6.14. The van der Waals surface area contributed by atoms with Gasteiger partial charge in [-0.15, -0.1) is 0 Å². The lowest BCUT2D eigenvalue weighted by Gasteiger charge is -2.44. The van der Waals surface area contributed by atoms with Crippen molar-refractivity contribution in [2.75, 3.05) is 40.4 Å². The molecule has 278 valence electrons. The molecule has 0 radical (unpaired) electrons. The Kier molecular flexibility index (Phi) is 9.56. The normalized spacial score (nSPS) is 23.4. The Hall–Kier alpha value is -3.93. The number of aromatic nitrogens is 2. The number of carboxylic acid groups (broad SMARTS) is 1. The molecule has 4 aliphatic rings. The minimum atomic E-state index is -0.692. The lowest BCUT2D eigenvalue weighted by molar-refractivity contribution is -0.149. The second kappa shape index (κ2) is 14.0. The highest BCUT2D eigenvalue weighted by molar-refractivity contribution is 6.36. The van der Waals surface area contributed by atoms with Gasteiger partial charge in [0.2, 0.25) is 17.6 Å². The Morgan fingerprint density at radius 1 is 0.887 bits per heavy atom. The third-order valence-corrected chi connectivity index (χ3v) is 12.3. The molecule has 4 aromatic rings. The van der Waals surface area contributed by atoms with Crippen LogP contribution in [0.15, 0.2) is 54.6 Å². The molecule has 0 unspecified atom stereocenters. The van der Waals surface area contributed by atoms with Gasteiger partial charge in [0.1, 0.15) is 11.1 Å². The monoisotopic (exact) mass is 758 g/mol. The minimum Gasteiger partial charge on any atom is -0.481 e. The molecule has 0 bridgehead atoms. The highest BCUT2D eigenvalue weighted by Crippen LogP contribution is 2.50. The molecule has 4 heterocycles. The van der Waals surface area contributed by atoms with E-state index in [4.69, 9.17) is 47.4 Å². The number of likely N-dealkylation sites (tertiary alicyclic amines) is 2. The van der Waals surface area contributed by atoms with Gasteiger partial charge < -0.3 is 24.4 Å². The molecule has 3 atom stereocenters. The number of rotatable bonds is 11. The van der Waals surface area contributed by atoms with E-state index in [-0.39, 0.29) is 12.0 Å². The number of halogens is 2. The lowest BCUT2D eigenvalue weighted by Crippen LogP contribution is -2.59. The van der Waals surface area contributed by atoms with Gasteiger partial charge in [-0.25, -0.2) is 4.98 Å².